The lowest BCUT2D eigenvalue weighted by molar-refractivity contribution is -0.146. The Labute approximate surface area is 135 Å². The van der Waals surface area contributed by atoms with E-state index in [2.05, 4.69) is 15.5 Å². The minimum atomic E-state index is -4.73. The first kappa shape index (κ1) is 19.1. The molecule has 0 aromatic carbocycles. The number of nitrogen functional groups attached to an aromatic ring is 1. The number of alkyl halides is 3. The zero-order valence-corrected chi connectivity index (χ0v) is 13.8. The van der Waals surface area contributed by atoms with Crippen LogP contribution < -0.4 is 11.2 Å². The number of nitrogens with one attached hydrogen (secondary N) is 1. The first-order valence-corrected chi connectivity index (χ1v) is 7.48. The van der Waals surface area contributed by atoms with Gasteiger partial charge in [-0.2, -0.15) is 18.4 Å². The van der Waals surface area contributed by atoms with Gasteiger partial charge in [0, 0.05) is 0 Å². The number of aromatic nitrogens is 3. The molecule has 3 N–H and O–H groups in total. The zero-order chi connectivity index (χ0) is 18.0. The molecule has 0 fully saturated rings. The number of nitriles is 1. The molecule has 1 rings (SSSR count). The standard InChI is InChI=1S/C12H17F3N6OS/c1-6(2)11(4,5-16)18-8(22)7(3)23-10-20-19-9(21(10)17)12(13,14)15/h6-7H,17H2,1-4H3,(H,18,22). The number of amides is 1. The molecular weight excluding hydrogens is 333 g/mol. The Morgan fingerprint density at radius 3 is 2.35 bits per heavy atom. The van der Waals surface area contributed by atoms with Gasteiger partial charge in [-0.3, -0.25) is 4.79 Å². The first-order chi connectivity index (χ1) is 10.4. The van der Waals surface area contributed by atoms with E-state index < -0.39 is 28.7 Å². The van der Waals surface area contributed by atoms with Crippen LogP contribution in [0.2, 0.25) is 0 Å². The molecule has 128 valence electrons. The van der Waals surface area contributed by atoms with E-state index in [1.165, 1.54) is 6.92 Å². The molecule has 2 unspecified atom stereocenters. The Hall–Kier alpha value is -1.96. The molecule has 11 heteroatoms. The Morgan fingerprint density at radius 1 is 1.39 bits per heavy atom. The molecule has 0 aliphatic heterocycles. The molecule has 1 aromatic heterocycles. The van der Waals surface area contributed by atoms with E-state index in [1.54, 1.807) is 20.8 Å². The smallest absolute Gasteiger partial charge is 0.337 e. The van der Waals surface area contributed by atoms with Crippen molar-refractivity contribution in [1.29, 1.82) is 5.26 Å². The molecule has 0 saturated carbocycles. The van der Waals surface area contributed by atoms with Crippen LogP contribution in [0.3, 0.4) is 0 Å². The van der Waals surface area contributed by atoms with E-state index in [-0.39, 0.29) is 11.1 Å². The number of rotatable bonds is 5. The highest BCUT2D eigenvalue weighted by Crippen LogP contribution is 2.30. The van der Waals surface area contributed by atoms with Crippen LogP contribution in [-0.4, -0.2) is 31.6 Å². The van der Waals surface area contributed by atoms with Crippen LogP contribution in [0, 0.1) is 17.2 Å². The number of carbonyl (C=O) groups is 1. The van der Waals surface area contributed by atoms with Gasteiger partial charge in [0.25, 0.3) is 5.82 Å². The Kier molecular flexibility index (Phi) is 5.52. The molecule has 0 saturated heterocycles. The van der Waals surface area contributed by atoms with Gasteiger partial charge in [0.05, 0.1) is 11.3 Å². The van der Waals surface area contributed by atoms with Crippen LogP contribution >= 0.6 is 11.8 Å². The molecule has 1 aromatic rings. The largest absolute Gasteiger partial charge is 0.453 e. The number of halogens is 3. The highest BCUT2D eigenvalue weighted by molar-refractivity contribution is 8.00. The molecule has 23 heavy (non-hydrogen) atoms. The van der Waals surface area contributed by atoms with Crippen LogP contribution in [0.4, 0.5) is 13.2 Å². The molecular formula is C12H17F3N6OS. The number of hydrogen-bond acceptors (Lipinski definition) is 6. The van der Waals surface area contributed by atoms with Crippen molar-refractivity contribution in [2.75, 3.05) is 5.84 Å². The van der Waals surface area contributed by atoms with Crippen LogP contribution in [0.15, 0.2) is 5.16 Å². The Bertz CT molecular complexity index is 623. The van der Waals surface area contributed by atoms with Crippen molar-refractivity contribution in [2.24, 2.45) is 5.92 Å². The van der Waals surface area contributed by atoms with Crippen LogP contribution in [0.1, 0.15) is 33.5 Å². The summed E-state index contributed by atoms with van der Waals surface area (Å²) < 4.78 is 38.1. The van der Waals surface area contributed by atoms with Gasteiger partial charge in [0.2, 0.25) is 11.1 Å². The van der Waals surface area contributed by atoms with E-state index in [1.807, 2.05) is 6.07 Å². The van der Waals surface area contributed by atoms with Gasteiger partial charge in [-0.25, -0.2) is 4.68 Å². The molecule has 0 aliphatic rings. The maximum atomic E-state index is 12.6. The van der Waals surface area contributed by atoms with Crippen LogP contribution in [0.5, 0.6) is 0 Å². The van der Waals surface area contributed by atoms with E-state index in [9.17, 15) is 23.2 Å². The monoisotopic (exact) mass is 350 g/mol. The van der Waals surface area contributed by atoms with Crippen molar-refractivity contribution < 1.29 is 18.0 Å². The van der Waals surface area contributed by atoms with Gasteiger partial charge < -0.3 is 11.2 Å². The van der Waals surface area contributed by atoms with E-state index in [0.29, 0.717) is 4.68 Å². The quantitative estimate of drug-likeness (QED) is 0.616. The summed E-state index contributed by atoms with van der Waals surface area (Å²) in [6.45, 7) is 6.58. The number of nitrogens with two attached hydrogens (primary N) is 1. The van der Waals surface area contributed by atoms with Crippen molar-refractivity contribution in [3.63, 3.8) is 0 Å². The molecule has 0 aliphatic carbocycles. The third-order valence-corrected chi connectivity index (χ3v) is 4.40. The second-order valence-electron chi connectivity index (χ2n) is 5.39. The summed E-state index contributed by atoms with van der Waals surface area (Å²) in [5, 5.41) is 17.0. The summed E-state index contributed by atoms with van der Waals surface area (Å²) in [6, 6.07) is 2.02. The molecule has 1 amide bonds. The topological polar surface area (TPSA) is 110 Å². The maximum Gasteiger partial charge on any atom is 0.453 e. The van der Waals surface area contributed by atoms with Gasteiger partial charge in [-0.05, 0) is 19.8 Å². The highest BCUT2D eigenvalue weighted by atomic mass is 32.2. The van der Waals surface area contributed by atoms with Crippen molar-refractivity contribution in [1.82, 2.24) is 20.2 Å². The molecule has 0 spiro atoms. The molecule has 7 nitrogen and oxygen atoms in total. The fraction of sp³-hybridized carbons (Fsp3) is 0.667. The predicted molar refractivity (Wildman–Crippen MR) is 77.5 cm³/mol. The summed E-state index contributed by atoms with van der Waals surface area (Å²) in [7, 11) is 0. The molecule has 0 radical (unpaired) electrons. The van der Waals surface area contributed by atoms with Crippen LogP contribution in [0.25, 0.3) is 0 Å². The number of thioether (sulfide) groups is 1. The SMILES string of the molecule is CC(Sc1nnc(C(F)(F)F)n1N)C(=O)NC(C)(C#N)C(C)C. The van der Waals surface area contributed by atoms with E-state index >= 15 is 0 Å². The van der Waals surface area contributed by atoms with E-state index in [0.717, 1.165) is 11.8 Å². The normalized spacial score (nSPS) is 15.8. The van der Waals surface area contributed by atoms with Gasteiger partial charge in [0.15, 0.2) is 0 Å². The number of hydrogen-bond donors (Lipinski definition) is 2. The lowest BCUT2D eigenvalue weighted by Crippen LogP contribution is -2.51. The Morgan fingerprint density at radius 2 is 1.96 bits per heavy atom. The lowest BCUT2D eigenvalue weighted by Gasteiger charge is -2.28. The molecule has 1 heterocycles. The van der Waals surface area contributed by atoms with Gasteiger partial charge in [-0.15, -0.1) is 10.2 Å². The van der Waals surface area contributed by atoms with Crippen molar-refractivity contribution in [3.8, 4) is 6.07 Å². The predicted octanol–water partition coefficient (Wildman–Crippen LogP) is 1.55. The summed E-state index contributed by atoms with van der Waals surface area (Å²) >= 11 is 0.721. The summed E-state index contributed by atoms with van der Waals surface area (Å²) in [6.07, 6.45) is -4.73. The van der Waals surface area contributed by atoms with Crippen molar-refractivity contribution >= 4 is 17.7 Å². The third kappa shape index (κ3) is 4.28. The van der Waals surface area contributed by atoms with Crippen molar-refractivity contribution in [2.45, 2.75) is 49.8 Å². The summed E-state index contributed by atoms with van der Waals surface area (Å²) in [5.41, 5.74) is -1.08. The summed E-state index contributed by atoms with van der Waals surface area (Å²) in [5.74, 6) is 3.30. The highest BCUT2D eigenvalue weighted by Gasteiger charge is 2.39. The fourth-order valence-electron chi connectivity index (χ4n) is 1.42. The zero-order valence-electron chi connectivity index (χ0n) is 13.0. The lowest BCUT2D eigenvalue weighted by atomic mass is 9.90. The van der Waals surface area contributed by atoms with Crippen LogP contribution in [-0.2, 0) is 11.0 Å². The van der Waals surface area contributed by atoms with Gasteiger partial charge >= 0.3 is 6.18 Å². The molecule has 0 bridgehead atoms. The third-order valence-electron chi connectivity index (χ3n) is 3.34. The first-order valence-electron chi connectivity index (χ1n) is 6.60. The number of nitrogens with zero attached hydrogens (tertiary/aromatic N) is 4. The minimum Gasteiger partial charge on any atom is -0.337 e. The number of carbonyl (C=O) groups excluding carboxylic acids is 1. The van der Waals surface area contributed by atoms with Gasteiger partial charge in [0.1, 0.15) is 5.54 Å². The minimum absolute atomic E-state index is 0.149. The maximum absolute atomic E-state index is 12.6. The summed E-state index contributed by atoms with van der Waals surface area (Å²) in [4.78, 5) is 12.1. The fourth-order valence-corrected chi connectivity index (χ4v) is 2.19. The molecule has 2 atom stereocenters. The average Bonchev–Trinajstić information content (AvgIpc) is 2.79. The second kappa shape index (κ2) is 6.66. The second-order valence-corrected chi connectivity index (χ2v) is 6.70. The van der Waals surface area contributed by atoms with Crippen molar-refractivity contribution in [3.05, 3.63) is 5.82 Å². The average molecular weight is 350 g/mol. The van der Waals surface area contributed by atoms with E-state index in [4.69, 9.17) is 5.84 Å². The van der Waals surface area contributed by atoms with Gasteiger partial charge in [-0.1, -0.05) is 25.6 Å². The Balaban J connectivity index is 2.85.